The molecule has 6 heteroatoms. The second-order valence-electron chi connectivity index (χ2n) is 7.71. The van der Waals surface area contributed by atoms with Crippen molar-refractivity contribution in [3.63, 3.8) is 0 Å². The molecule has 0 atom stereocenters. The second kappa shape index (κ2) is 8.90. The number of rotatable bonds is 5. The first-order valence-corrected chi connectivity index (χ1v) is 10.1. The Morgan fingerprint density at radius 1 is 1.00 bits per heavy atom. The molecule has 3 aromatic rings. The average Bonchev–Trinajstić information content (AvgIpc) is 2.79. The van der Waals surface area contributed by atoms with Crippen molar-refractivity contribution in [3.05, 3.63) is 94.0 Å². The van der Waals surface area contributed by atoms with E-state index in [1.165, 1.54) is 0 Å². The second-order valence-corrected chi connectivity index (χ2v) is 7.71. The molecule has 0 aromatic heterocycles. The van der Waals surface area contributed by atoms with Gasteiger partial charge in [0.2, 0.25) is 0 Å². The Morgan fingerprint density at radius 3 is 2.39 bits per heavy atom. The van der Waals surface area contributed by atoms with E-state index in [-0.39, 0.29) is 17.4 Å². The van der Waals surface area contributed by atoms with Crippen LogP contribution in [0.1, 0.15) is 38.2 Å². The van der Waals surface area contributed by atoms with Crippen molar-refractivity contribution in [1.82, 2.24) is 10.2 Å². The maximum absolute atomic E-state index is 12.5. The van der Waals surface area contributed by atoms with E-state index >= 15 is 0 Å². The summed E-state index contributed by atoms with van der Waals surface area (Å²) in [6.45, 7) is 2.68. The molecular formula is C25H23N3O3. The zero-order valence-corrected chi connectivity index (χ0v) is 17.0. The zero-order chi connectivity index (χ0) is 21.8. The normalized spacial score (nSPS) is 13.3. The molecule has 0 saturated heterocycles. The van der Waals surface area contributed by atoms with Crippen molar-refractivity contribution in [3.8, 4) is 17.6 Å². The molecule has 1 amide bonds. The third-order valence-electron chi connectivity index (χ3n) is 5.62. The molecule has 4 rings (SSSR count). The molecule has 1 heterocycles. The van der Waals surface area contributed by atoms with Crippen LogP contribution in [0.3, 0.4) is 0 Å². The molecule has 1 aliphatic rings. The first kappa shape index (κ1) is 20.5. The number of aromatic hydroxyl groups is 2. The summed E-state index contributed by atoms with van der Waals surface area (Å²) in [4.78, 5) is 14.8. The minimum Gasteiger partial charge on any atom is -0.504 e. The maximum Gasteiger partial charge on any atom is 0.251 e. The summed E-state index contributed by atoms with van der Waals surface area (Å²) in [7, 11) is 0. The number of phenols is 2. The summed E-state index contributed by atoms with van der Waals surface area (Å²) in [5.41, 5.74) is 5.31. The highest BCUT2D eigenvalue weighted by atomic mass is 16.3. The van der Waals surface area contributed by atoms with Crippen LogP contribution in [-0.4, -0.2) is 27.6 Å². The van der Waals surface area contributed by atoms with Gasteiger partial charge in [0.05, 0.1) is 11.6 Å². The number of hydrogen-bond acceptors (Lipinski definition) is 5. The van der Waals surface area contributed by atoms with E-state index in [2.05, 4.69) is 16.3 Å². The first-order valence-electron chi connectivity index (χ1n) is 10.1. The summed E-state index contributed by atoms with van der Waals surface area (Å²) in [5, 5.41) is 31.4. The lowest BCUT2D eigenvalue weighted by atomic mass is 9.98. The van der Waals surface area contributed by atoms with E-state index in [4.69, 9.17) is 5.26 Å². The highest BCUT2D eigenvalue weighted by Gasteiger charge is 2.19. The van der Waals surface area contributed by atoms with Crippen LogP contribution in [0.4, 0.5) is 0 Å². The zero-order valence-electron chi connectivity index (χ0n) is 17.0. The van der Waals surface area contributed by atoms with Crippen LogP contribution in [0.15, 0.2) is 60.7 Å². The summed E-state index contributed by atoms with van der Waals surface area (Å²) in [6, 6.07) is 19.9. The number of phenolic OH excluding ortho intramolecular Hbond substituents is 2. The molecule has 156 valence electrons. The standard InChI is InChI=1S/C25H23N3O3/c26-13-17-5-7-18(8-6-17)25(31)27-14-20-3-1-2-4-21(20)15-28-10-9-19-11-23(29)24(30)12-22(19)16-28/h1-8,11-12,29-30H,9-10,14-16H2,(H,27,31). The van der Waals surface area contributed by atoms with Crippen LogP contribution in [0.25, 0.3) is 0 Å². The Balaban J connectivity index is 1.42. The predicted molar refractivity (Wildman–Crippen MR) is 116 cm³/mol. The number of nitrogens with zero attached hydrogens (tertiary/aromatic N) is 2. The summed E-state index contributed by atoms with van der Waals surface area (Å²) < 4.78 is 0. The van der Waals surface area contributed by atoms with Crippen molar-refractivity contribution < 1.29 is 15.0 Å². The molecule has 3 aromatic carbocycles. The molecule has 1 aliphatic heterocycles. The van der Waals surface area contributed by atoms with E-state index in [9.17, 15) is 15.0 Å². The van der Waals surface area contributed by atoms with E-state index < -0.39 is 0 Å². The number of carbonyl (C=O) groups is 1. The van der Waals surface area contributed by atoms with Gasteiger partial charge in [-0.1, -0.05) is 24.3 Å². The Labute approximate surface area is 181 Å². The fourth-order valence-corrected chi connectivity index (χ4v) is 3.88. The number of hydrogen-bond donors (Lipinski definition) is 3. The Morgan fingerprint density at radius 2 is 1.68 bits per heavy atom. The fraction of sp³-hybridized carbons (Fsp3) is 0.200. The highest BCUT2D eigenvalue weighted by Crippen LogP contribution is 2.32. The minimum atomic E-state index is -0.179. The lowest BCUT2D eigenvalue weighted by Gasteiger charge is -2.29. The van der Waals surface area contributed by atoms with E-state index in [1.807, 2.05) is 24.3 Å². The van der Waals surface area contributed by atoms with Crippen LogP contribution in [0, 0.1) is 11.3 Å². The van der Waals surface area contributed by atoms with Gasteiger partial charge in [0.25, 0.3) is 5.91 Å². The topological polar surface area (TPSA) is 96.6 Å². The number of benzene rings is 3. The van der Waals surface area contributed by atoms with Crippen LogP contribution in [-0.2, 0) is 26.1 Å². The van der Waals surface area contributed by atoms with E-state index in [0.29, 0.717) is 24.2 Å². The average molecular weight is 413 g/mol. The third-order valence-corrected chi connectivity index (χ3v) is 5.62. The van der Waals surface area contributed by atoms with Crippen LogP contribution in [0.5, 0.6) is 11.5 Å². The van der Waals surface area contributed by atoms with Crippen molar-refractivity contribution >= 4 is 5.91 Å². The molecule has 0 saturated carbocycles. The molecule has 0 radical (unpaired) electrons. The third kappa shape index (κ3) is 4.68. The van der Waals surface area contributed by atoms with Gasteiger partial charge >= 0.3 is 0 Å². The van der Waals surface area contributed by atoms with Crippen LogP contribution >= 0.6 is 0 Å². The molecule has 31 heavy (non-hydrogen) atoms. The van der Waals surface area contributed by atoms with Crippen molar-refractivity contribution in [1.29, 1.82) is 5.26 Å². The summed E-state index contributed by atoms with van der Waals surface area (Å²) >= 11 is 0. The van der Waals surface area contributed by atoms with Crippen molar-refractivity contribution in [2.45, 2.75) is 26.1 Å². The van der Waals surface area contributed by atoms with Gasteiger partial charge < -0.3 is 15.5 Å². The first-order chi connectivity index (χ1) is 15.0. The monoisotopic (exact) mass is 413 g/mol. The molecule has 6 nitrogen and oxygen atoms in total. The highest BCUT2D eigenvalue weighted by molar-refractivity contribution is 5.94. The number of fused-ring (bicyclic) bond motifs is 1. The van der Waals surface area contributed by atoms with Gasteiger partial charge in [0, 0.05) is 31.7 Å². The van der Waals surface area contributed by atoms with Crippen molar-refractivity contribution in [2.24, 2.45) is 0 Å². The van der Waals surface area contributed by atoms with Gasteiger partial charge in [0.15, 0.2) is 11.5 Å². The van der Waals surface area contributed by atoms with Gasteiger partial charge in [-0.15, -0.1) is 0 Å². The summed E-state index contributed by atoms with van der Waals surface area (Å²) in [6.07, 6.45) is 0.806. The number of nitrogens with one attached hydrogen (secondary N) is 1. The van der Waals surface area contributed by atoms with E-state index in [0.717, 1.165) is 41.8 Å². The smallest absolute Gasteiger partial charge is 0.251 e. The fourth-order valence-electron chi connectivity index (χ4n) is 3.88. The molecular weight excluding hydrogens is 390 g/mol. The molecule has 0 aliphatic carbocycles. The van der Waals surface area contributed by atoms with Gasteiger partial charge in [-0.05, 0) is 65.1 Å². The van der Waals surface area contributed by atoms with Crippen LogP contribution < -0.4 is 5.32 Å². The van der Waals surface area contributed by atoms with Gasteiger partial charge in [0.1, 0.15) is 0 Å². The lowest BCUT2D eigenvalue weighted by molar-refractivity contribution is 0.0950. The lowest BCUT2D eigenvalue weighted by Crippen LogP contribution is -2.31. The summed E-state index contributed by atoms with van der Waals surface area (Å²) in [5.74, 6) is -0.344. The quantitative estimate of drug-likeness (QED) is 0.557. The van der Waals surface area contributed by atoms with Gasteiger partial charge in [-0.3, -0.25) is 9.69 Å². The number of carbonyl (C=O) groups excluding carboxylic acids is 1. The minimum absolute atomic E-state index is 0.0736. The molecule has 0 spiro atoms. The Bertz CT molecular complexity index is 1150. The number of amides is 1. The molecule has 0 unspecified atom stereocenters. The molecule has 0 fully saturated rings. The van der Waals surface area contributed by atoms with Crippen molar-refractivity contribution in [2.75, 3.05) is 6.54 Å². The van der Waals surface area contributed by atoms with Gasteiger partial charge in [-0.2, -0.15) is 5.26 Å². The van der Waals surface area contributed by atoms with E-state index in [1.54, 1.807) is 36.4 Å². The SMILES string of the molecule is N#Cc1ccc(C(=O)NCc2ccccc2CN2CCc3cc(O)c(O)cc3C2)cc1. The largest absolute Gasteiger partial charge is 0.504 e. The Hall–Kier alpha value is -3.82. The Kier molecular flexibility index (Phi) is 5.87. The molecule has 0 bridgehead atoms. The van der Waals surface area contributed by atoms with Gasteiger partial charge in [-0.25, -0.2) is 0 Å². The number of nitriles is 1. The predicted octanol–water partition coefficient (Wildman–Crippen LogP) is 3.46. The molecule has 3 N–H and O–H groups in total. The van der Waals surface area contributed by atoms with Crippen LogP contribution in [0.2, 0.25) is 0 Å². The maximum atomic E-state index is 12.5.